The van der Waals surface area contributed by atoms with Crippen molar-refractivity contribution in [2.45, 2.75) is 39.4 Å². The lowest BCUT2D eigenvalue weighted by Crippen LogP contribution is -2.36. The third-order valence-electron chi connectivity index (χ3n) is 4.91. The summed E-state index contributed by atoms with van der Waals surface area (Å²) in [7, 11) is 1.61. The van der Waals surface area contributed by atoms with Gasteiger partial charge in [0, 0.05) is 6.54 Å². The minimum absolute atomic E-state index is 0.0695. The van der Waals surface area contributed by atoms with E-state index in [1.54, 1.807) is 18.1 Å². The van der Waals surface area contributed by atoms with Crippen molar-refractivity contribution in [3.63, 3.8) is 0 Å². The average Bonchev–Trinajstić information content (AvgIpc) is 3.06. The van der Waals surface area contributed by atoms with Crippen LogP contribution in [0.25, 0.3) is 6.08 Å². The molecule has 1 aliphatic heterocycles. The van der Waals surface area contributed by atoms with E-state index in [1.807, 2.05) is 64.1 Å². The fourth-order valence-corrected chi connectivity index (χ4v) is 4.30. The number of amidine groups is 1. The van der Waals surface area contributed by atoms with Gasteiger partial charge in [0.15, 0.2) is 5.17 Å². The zero-order valence-corrected chi connectivity index (χ0v) is 20.0. The summed E-state index contributed by atoms with van der Waals surface area (Å²) in [4.78, 5) is 32.1. The van der Waals surface area contributed by atoms with Crippen molar-refractivity contribution < 1.29 is 14.3 Å². The van der Waals surface area contributed by atoms with Crippen LogP contribution in [0.4, 0.5) is 5.69 Å². The van der Waals surface area contributed by atoms with E-state index in [4.69, 9.17) is 4.74 Å². The number of hydrogen-bond acceptors (Lipinski definition) is 5. The molecule has 6 nitrogen and oxygen atoms in total. The molecule has 0 spiro atoms. The molecular weight excluding hydrogens is 422 g/mol. The van der Waals surface area contributed by atoms with Crippen LogP contribution in [0.5, 0.6) is 5.75 Å². The average molecular weight is 452 g/mol. The fraction of sp³-hybridized carbons (Fsp3) is 0.320. The smallest absolute Gasteiger partial charge is 0.283 e. The first-order chi connectivity index (χ1) is 15.3. The second-order valence-electron chi connectivity index (χ2n) is 7.73. The van der Waals surface area contributed by atoms with Crippen LogP contribution in [-0.4, -0.2) is 35.9 Å². The summed E-state index contributed by atoms with van der Waals surface area (Å²) in [6, 6.07) is 13.4. The molecule has 0 saturated heterocycles. The summed E-state index contributed by atoms with van der Waals surface area (Å²) >= 11 is 1.29. The van der Waals surface area contributed by atoms with Crippen molar-refractivity contribution in [1.82, 2.24) is 5.32 Å². The molecule has 7 heteroatoms. The quantitative estimate of drug-likeness (QED) is 0.619. The minimum atomic E-state index is -0.387. The molecule has 1 unspecified atom stereocenters. The summed E-state index contributed by atoms with van der Waals surface area (Å²) in [5.41, 5.74) is 4.03. The molecule has 0 fully saturated rings. The van der Waals surface area contributed by atoms with Gasteiger partial charge in [-0.05, 0) is 74.2 Å². The number of nitrogens with one attached hydrogen (secondary N) is 1. The number of carbonyl (C=O) groups is 2. The monoisotopic (exact) mass is 451 g/mol. The number of amides is 2. The number of ether oxygens (including phenoxy) is 1. The van der Waals surface area contributed by atoms with Crippen molar-refractivity contribution in [2.24, 2.45) is 4.99 Å². The Kier molecular flexibility index (Phi) is 7.75. The van der Waals surface area contributed by atoms with Crippen LogP contribution in [0, 0.1) is 13.8 Å². The van der Waals surface area contributed by atoms with E-state index in [0.29, 0.717) is 17.4 Å². The molecule has 0 radical (unpaired) electrons. The highest BCUT2D eigenvalue weighted by atomic mass is 32.2. The number of aryl methyl sites for hydroxylation is 2. The molecule has 1 aliphatic rings. The Balaban J connectivity index is 1.96. The third-order valence-corrected chi connectivity index (χ3v) is 5.97. The van der Waals surface area contributed by atoms with Crippen LogP contribution >= 0.6 is 11.8 Å². The van der Waals surface area contributed by atoms with E-state index in [1.165, 1.54) is 11.8 Å². The molecule has 0 aliphatic carbocycles. The third kappa shape index (κ3) is 5.59. The Labute approximate surface area is 193 Å². The maximum absolute atomic E-state index is 13.4. The number of aliphatic imine (C=N–C) groups is 1. The van der Waals surface area contributed by atoms with Crippen LogP contribution in [0.2, 0.25) is 0 Å². The maximum Gasteiger partial charge on any atom is 0.283 e. The predicted octanol–water partition coefficient (Wildman–Crippen LogP) is 4.70. The second kappa shape index (κ2) is 10.5. The predicted molar refractivity (Wildman–Crippen MR) is 132 cm³/mol. The van der Waals surface area contributed by atoms with E-state index in [-0.39, 0.29) is 17.1 Å². The van der Waals surface area contributed by atoms with Gasteiger partial charge in [0.2, 0.25) is 5.91 Å². The van der Waals surface area contributed by atoms with Crippen LogP contribution in [0.1, 0.15) is 37.0 Å². The van der Waals surface area contributed by atoms with Crippen LogP contribution < -0.4 is 15.0 Å². The molecule has 1 atom stereocenters. The Bertz CT molecular complexity index is 1040. The van der Waals surface area contributed by atoms with E-state index in [2.05, 4.69) is 16.4 Å². The molecule has 2 aromatic carbocycles. The van der Waals surface area contributed by atoms with Crippen molar-refractivity contribution >= 4 is 40.5 Å². The lowest BCUT2D eigenvalue weighted by Gasteiger charge is -2.21. The van der Waals surface area contributed by atoms with Gasteiger partial charge in [0.1, 0.15) is 11.4 Å². The lowest BCUT2D eigenvalue weighted by molar-refractivity contribution is -0.120. The number of thioether (sulfide) groups is 1. The summed E-state index contributed by atoms with van der Waals surface area (Å²) in [6.45, 7) is 8.45. The van der Waals surface area contributed by atoms with Crippen LogP contribution in [-0.2, 0) is 9.59 Å². The van der Waals surface area contributed by atoms with E-state index >= 15 is 0 Å². The molecule has 168 valence electrons. The first kappa shape index (κ1) is 23.6. The van der Waals surface area contributed by atoms with Gasteiger partial charge in [0.25, 0.3) is 5.91 Å². The molecule has 0 saturated carbocycles. The summed E-state index contributed by atoms with van der Waals surface area (Å²) in [5.74, 6) is 0.461. The van der Waals surface area contributed by atoms with Crippen molar-refractivity contribution in [2.75, 3.05) is 18.6 Å². The van der Waals surface area contributed by atoms with Crippen molar-refractivity contribution in [1.29, 1.82) is 0 Å². The summed E-state index contributed by atoms with van der Waals surface area (Å²) < 4.78 is 5.20. The van der Waals surface area contributed by atoms with Crippen molar-refractivity contribution in [3.8, 4) is 5.75 Å². The van der Waals surface area contributed by atoms with Gasteiger partial charge in [-0.2, -0.15) is 0 Å². The van der Waals surface area contributed by atoms with Crippen LogP contribution in [0.3, 0.4) is 0 Å². The number of hydrogen-bond donors (Lipinski definition) is 1. The highest BCUT2D eigenvalue weighted by molar-refractivity contribution is 8.15. The number of carbonyl (C=O) groups excluding carboxylic acids is 2. The molecule has 2 aromatic rings. The number of anilines is 1. The summed E-state index contributed by atoms with van der Waals surface area (Å²) in [5, 5.41) is 3.02. The zero-order valence-electron chi connectivity index (χ0n) is 19.1. The number of methoxy groups -OCH3 is 1. The Morgan fingerprint density at radius 2 is 1.84 bits per heavy atom. The maximum atomic E-state index is 13.4. The lowest BCUT2D eigenvalue weighted by atomic mass is 10.1. The first-order valence-corrected chi connectivity index (χ1v) is 11.5. The Hall–Kier alpha value is -3.06. The standard InChI is InChI=1S/C25H29N3O3S/c1-6-11-26-23(29)18(4)32-25-27-22(15-19-7-9-21(31-5)10-8-19)24(30)28(25)20-13-16(2)12-17(3)14-20/h7-10,12-15,18H,6,11H2,1-5H3,(H,26,29)/b22-15-. The van der Waals surface area contributed by atoms with Gasteiger partial charge < -0.3 is 10.1 Å². The largest absolute Gasteiger partial charge is 0.497 e. The molecule has 32 heavy (non-hydrogen) atoms. The van der Waals surface area contributed by atoms with Gasteiger partial charge in [-0.1, -0.05) is 36.9 Å². The minimum Gasteiger partial charge on any atom is -0.497 e. The highest BCUT2D eigenvalue weighted by Gasteiger charge is 2.34. The Morgan fingerprint density at radius 3 is 2.44 bits per heavy atom. The highest BCUT2D eigenvalue weighted by Crippen LogP contribution is 2.32. The molecule has 1 N–H and O–H groups in total. The van der Waals surface area contributed by atoms with Crippen molar-refractivity contribution in [3.05, 3.63) is 64.9 Å². The summed E-state index contributed by atoms with van der Waals surface area (Å²) in [6.07, 6.45) is 2.62. The normalized spacial score (nSPS) is 15.7. The van der Waals surface area contributed by atoms with Gasteiger partial charge in [0.05, 0.1) is 18.0 Å². The molecule has 0 aromatic heterocycles. The Morgan fingerprint density at radius 1 is 1.19 bits per heavy atom. The van der Waals surface area contributed by atoms with Gasteiger partial charge in [-0.3, -0.25) is 14.5 Å². The van der Waals surface area contributed by atoms with Gasteiger partial charge >= 0.3 is 0 Å². The molecule has 0 bridgehead atoms. The molecular formula is C25H29N3O3S. The number of benzene rings is 2. The second-order valence-corrected chi connectivity index (χ2v) is 9.04. The molecule has 1 heterocycles. The van der Waals surface area contributed by atoms with E-state index in [0.717, 1.165) is 34.5 Å². The number of rotatable bonds is 7. The molecule has 2 amide bonds. The van der Waals surface area contributed by atoms with E-state index < -0.39 is 0 Å². The topological polar surface area (TPSA) is 71.0 Å². The number of nitrogens with zero attached hydrogens (tertiary/aromatic N) is 2. The fourth-order valence-electron chi connectivity index (χ4n) is 3.34. The van der Waals surface area contributed by atoms with Gasteiger partial charge in [-0.15, -0.1) is 0 Å². The first-order valence-electron chi connectivity index (χ1n) is 10.6. The van der Waals surface area contributed by atoms with Crippen LogP contribution in [0.15, 0.2) is 53.2 Å². The van der Waals surface area contributed by atoms with Gasteiger partial charge in [-0.25, -0.2) is 4.99 Å². The molecule has 3 rings (SSSR count). The SMILES string of the molecule is CCCNC(=O)C(C)SC1=N/C(=C\c2ccc(OC)cc2)C(=O)N1c1cc(C)cc(C)c1. The van der Waals surface area contributed by atoms with E-state index in [9.17, 15) is 9.59 Å². The zero-order chi connectivity index (χ0) is 23.3.